The third-order valence-corrected chi connectivity index (χ3v) is 5.81. The molecule has 0 N–H and O–H groups in total. The lowest BCUT2D eigenvalue weighted by molar-refractivity contribution is -0.130. The van der Waals surface area contributed by atoms with Crippen LogP contribution in [0.15, 0.2) is 23.2 Å². The van der Waals surface area contributed by atoms with Gasteiger partial charge in [0.05, 0.1) is 16.8 Å². The maximum atomic E-state index is 12.5. The van der Waals surface area contributed by atoms with Gasteiger partial charge in [0.15, 0.2) is 0 Å². The van der Waals surface area contributed by atoms with Gasteiger partial charge in [-0.25, -0.2) is 4.98 Å². The summed E-state index contributed by atoms with van der Waals surface area (Å²) in [5.41, 5.74) is 3.66. The van der Waals surface area contributed by atoms with Crippen LogP contribution >= 0.6 is 11.8 Å². The van der Waals surface area contributed by atoms with Crippen LogP contribution in [0.3, 0.4) is 0 Å². The molecule has 130 valence electrons. The molecule has 5 heteroatoms. The van der Waals surface area contributed by atoms with E-state index in [1.807, 2.05) is 36.9 Å². The van der Waals surface area contributed by atoms with E-state index in [0.717, 1.165) is 41.5 Å². The highest BCUT2D eigenvalue weighted by atomic mass is 32.2. The van der Waals surface area contributed by atoms with E-state index in [-0.39, 0.29) is 5.91 Å². The number of carbonyl (C=O) groups is 1. The Labute approximate surface area is 153 Å². The van der Waals surface area contributed by atoms with Gasteiger partial charge < -0.3 is 4.90 Å². The fourth-order valence-electron chi connectivity index (χ4n) is 3.34. The molecular formula is C20H23N3OS. The summed E-state index contributed by atoms with van der Waals surface area (Å²) in [6.45, 7) is 7.93. The Kier molecular flexibility index (Phi) is 5.29. The molecule has 1 aliphatic rings. The van der Waals surface area contributed by atoms with Crippen molar-refractivity contribution < 1.29 is 4.79 Å². The standard InChI is InChI=1S/C20H23N3OS/c1-13-5-4-8-23(11-13)18(24)12-25-20-16(10-21)9-17-14(2)6-7-15(3)19(17)22-20/h6-7,9,13H,4-5,8,11-12H2,1-3H3. The molecule has 1 aliphatic heterocycles. The number of fused-ring (bicyclic) bond motifs is 1. The van der Waals surface area contributed by atoms with Crippen LogP contribution in [0.1, 0.15) is 36.5 Å². The largest absolute Gasteiger partial charge is 0.342 e. The molecule has 2 heterocycles. The van der Waals surface area contributed by atoms with Crippen LogP contribution in [0.25, 0.3) is 10.9 Å². The molecule has 1 unspecified atom stereocenters. The minimum atomic E-state index is 0.142. The molecule has 2 aromatic rings. The zero-order valence-electron chi connectivity index (χ0n) is 15.0. The summed E-state index contributed by atoms with van der Waals surface area (Å²) in [5.74, 6) is 1.05. The molecule has 0 saturated carbocycles. The third kappa shape index (κ3) is 3.80. The number of carbonyl (C=O) groups excluding carboxylic acids is 1. The SMILES string of the molecule is Cc1ccc(C)c2nc(SCC(=O)N3CCCC(C)C3)c(C#N)cc12. The monoisotopic (exact) mass is 353 g/mol. The highest BCUT2D eigenvalue weighted by Crippen LogP contribution is 2.28. The topological polar surface area (TPSA) is 57.0 Å². The van der Waals surface area contributed by atoms with E-state index in [1.165, 1.54) is 18.2 Å². The molecule has 1 amide bonds. The van der Waals surface area contributed by atoms with E-state index >= 15 is 0 Å². The Hall–Kier alpha value is -2.06. The van der Waals surface area contributed by atoms with Crippen LogP contribution in [-0.4, -0.2) is 34.6 Å². The number of piperidine rings is 1. The van der Waals surface area contributed by atoms with Crippen molar-refractivity contribution in [2.75, 3.05) is 18.8 Å². The number of aromatic nitrogens is 1. The van der Waals surface area contributed by atoms with Crippen molar-refractivity contribution >= 4 is 28.6 Å². The van der Waals surface area contributed by atoms with Crippen molar-refractivity contribution in [1.29, 1.82) is 5.26 Å². The first-order valence-electron chi connectivity index (χ1n) is 8.71. The molecule has 1 atom stereocenters. The summed E-state index contributed by atoms with van der Waals surface area (Å²) < 4.78 is 0. The van der Waals surface area contributed by atoms with Gasteiger partial charge in [0.2, 0.25) is 5.91 Å². The maximum Gasteiger partial charge on any atom is 0.232 e. The minimum Gasteiger partial charge on any atom is -0.342 e. The minimum absolute atomic E-state index is 0.142. The molecule has 0 bridgehead atoms. The predicted molar refractivity (Wildman–Crippen MR) is 102 cm³/mol. The number of aryl methyl sites for hydroxylation is 2. The molecule has 1 aromatic heterocycles. The molecule has 3 rings (SSSR count). The number of nitrogens with zero attached hydrogens (tertiary/aromatic N) is 3. The second kappa shape index (κ2) is 7.45. The van der Waals surface area contributed by atoms with Crippen molar-refractivity contribution in [1.82, 2.24) is 9.88 Å². The van der Waals surface area contributed by atoms with Gasteiger partial charge in [-0.05, 0) is 49.8 Å². The first kappa shape index (κ1) is 17.8. The zero-order valence-corrected chi connectivity index (χ0v) is 15.8. The lowest BCUT2D eigenvalue weighted by atomic mass is 10.0. The Bertz CT molecular complexity index is 856. The Morgan fingerprint density at radius 1 is 1.40 bits per heavy atom. The molecule has 0 radical (unpaired) electrons. The lowest BCUT2D eigenvalue weighted by Crippen LogP contribution is -2.40. The Morgan fingerprint density at radius 3 is 2.88 bits per heavy atom. The van der Waals surface area contributed by atoms with E-state index in [0.29, 0.717) is 22.3 Å². The van der Waals surface area contributed by atoms with E-state index in [2.05, 4.69) is 13.0 Å². The molecule has 4 nitrogen and oxygen atoms in total. The van der Waals surface area contributed by atoms with Crippen LogP contribution in [0, 0.1) is 31.1 Å². The first-order chi connectivity index (χ1) is 12.0. The van der Waals surface area contributed by atoms with Crippen LogP contribution in [-0.2, 0) is 4.79 Å². The molecular weight excluding hydrogens is 330 g/mol. The van der Waals surface area contributed by atoms with Gasteiger partial charge >= 0.3 is 0 Å². The molecule has 1 aromatic carbocycles. The second-order valence-electron chi connectivity index (χ2n) is 6.92. The number of likely N-dealkylation sites (tertiary alicyclic amines) is 1. The lowest BCUT2D eigenvalue weighted by Gasteiger charge is -2.30. The van der Waals surface area contributed by atoms with Crippen molar-refractivity contribution in [2.24, 2.45) is 5.92 Å². The average molecular weight is 353 g/mol. The van der Waals surface area contributed by atoms with E-state index in [9.17, 15) is 10.1 Å². The quantitative estimate of drug-likeness (QED) is 0.781. The van der Waals surface area contributed by atoms with Crippen molar-refractivity contribution in [3.05, 3.63) is 34.9 Å². The molecule has 0 aliphatic carbocycles. The highest BCUT2D eigenvalue weighted by molar-refractivity contribution is 8.00. The van der Waals surface area contributed by atoms with Gasteiger partial charge in [-0.1, -0.05) is 30.8 Å². The van der Waals surface area contributed by atoms with Gasteiger partial charge in [0, 0.05) is 18.5 Å². The summed E-state index contributed by atoms with van der Waals surface area (Å²) in [6.07, 6.45) is 2.27. The van der Waals surface area contributed by atoms with Crippen LogP contribution in [0.4, 0.5) is 0 Å². The Balaban J connectivity index is 1.82. The number of amides is 1. The van der Waals surface area contributed by atoms with E-state index in [4.69, 9.17) is 4.98 Å². The zero-order chi connectivity index (χ0) is 18.0. The summed E-state index contributed by atoms with van der Waals surface area (Å²) >= 11 is 1.38. The van der Waals surface area contributed by atoms with Crippen LogP contribution in [0.5, 0.6) is 0 Å². The number of hydrogen-bond donors (Lipinski definition) is 0. The number of hydrogen-bond acceptors (Lipinski definition) is 4. The second-order valence-corrected chi connectivity index (χ2v) is 7.89. The maximum absolute atomic E-state index is 12.5. The number of thioether (sulfide) groups is 1. The van der Waals surface area contributed by atoms with Gasteiger partial charge in [0.25, 0.3) is 0 Å². The van der Waals surface area contributed by atoms with Crippen molar-refractivity contribution in [3.8, 4) is 6.07 Å². The van der Waals surface area contributed by atoms with E-state index < -0.39 is 0 Å². The summed E-state index contributed by atoms with van der Waals surface area (Å²) in [5, 5.41) is 11.2. The average Bonchev–Trinajstić information content (AvgIpc) is 2.62. The van der Waals surface area contributed by atoms with Gasteiger partial charge in [-0.3, -0.25) is 4.79 Å². The molecule has 0 spiro atoms. The third-order valence-electron chi connectivity index (χ3n) is 4.83. The summed E-state index contributed by atoms with van der Waals surface area (Å²) in [4.78, 5) is 19.2. The summed E-state index contributed by atoms with van der Waals surface area (Å²) in [7, 11) is 0. The first-order valence-corrected chi connectivity index (χ1v) is 9.69. The fourth-order valence-corrected chi connectivity index (χ4v) is 4.20. The van der Waals surface area contributed by atoms with Crippen molar-refractivity contribution in [3.63, 3.8) is 0 Å². The van der Waals surface area contributed by atoms with Gasteiger partial charge in [0.1, 0.15) is 11.1 Å². The predicted octanol–water partition coefficient (Wildman–Crippen LogP) is 4.07. The molecule has 1 fully saturated rings. The van der Waals surface area contributed by atoms with Crippen LogP contribution in [0.2, 0.25) is 0 Å². The smallest absolute Gasteiger partial charge is 0.232 e. The fraction of sp³-hybridized carbons (Fsp3) is 0.450. The van der Waals surface area contributed by atoms with Gasteiger partial charge in [-0.2, -0.15) is 5.26 Å². The number of benzene rings is 1. The Morgan fingerprint density at radius 2 is 2.16 bits per heavy atom. The molecule has 25 heavy (non-hydrogen) atoms. The van der Waals surface area contributed by atoms with Gasteiger partial charge in [-0.15, -0.1) is 0 Å². The number of pyridine rings is 1. The molecule has 1 saturated heterocycles. The van der Waals surface area contributed by atoms with Crippen LogP contribution < -0.4 is 0 Å². The normalized spacial score (nSPS) is 17.5. The highest BCUT2D eigenvalue weighted by Gasteiger charge is 2.21. The van der Waals surface area contributed by atoms with E-state index in [1.54, 1.807) is 0 Å². The van der Waals surface area contributed by atoms with Crippen molar-refractivity contribution in [2.45, 2.75) is 38.6 Å². The summed E-state index contributed by atoms with van der Waals surface area (Å²) in [6, 6.07) is 8.24. The number of nitriles is 1. The number of rotatable bonds is 3.